The molecule has 0 aromatic heterocycles. The molecule has 2 heteroatoms. The Balaban J connectivity index is 1.84. The second kappa shape index (κ2) is 8.49. The van der Waals surface area contributed by atoms with Crippen LogP contribution in [-0.4, -0.2) is 11.8 Å². The lowest BCUT2D eigenvalue weighted by molar-refractivity contribution is 0.0367. The van der Waals surface area contributed by atoms with Gasteiger partial charge < -0.3 is 4.84 Å². The molecule has 1 fully saturated rings. The van der Waals surface area contributed by atoms with Crippen LogP contribution in [0.3, 0.4) is 0 Å². The van der Waals surface area contributed by atoms with Gasteiger partial charge in [0.15, 0.2) is 0 Å². The molecule has 24 heavy (non-hydrogen) atoms. The highest BCUT2D eigenvalue weighted by molar-refractivity contribution is 6.12. The number of benzene rings is 2. The van der Waals surface area contributed by atoms with E-state index >= 15 is 0 Å². The van der Waals surface area contributed by atoms with Gasteiger partial charge in [-0.15, -0.1) is 0 Å². The number of rotatable bonds is 6. The van der Waals surface area contributed by atoms with Crippen LogP contribution in [0.5, 0.6) is 0 Å². The average Bonchev–Trinajstić information content (AvgIpc) is 2.67. The van der Waals surface area contributed by atoms with E-state index in [1.807, 2.05) is 42.5 Å². The van der Waals surface area contributed by atoms with E-state index in [9.17, 15) is 0 Å². The predicted octanol–water partition coefficient (Wildman–Crippen LogP) is 5.59. The first-order chi connectivity index (χ1) is 11.9. The van der Waals surface area contributed by atoms with Gasteiger partial charge in [0, 0.05) is 17.0 Å². The Morgan fingerprint density at radius 3 is 1.96 bits per heavy atom. The highest BCUT2D eigenvalue weighted by atomic mass is 16.6. The Kier molecular flexibility index (Phi) is 5.84. The van der Waals surface area contributed by atoms with Crippen molar-refractivity contribution >= 4 is 5.71 Å². The molecule has 0 radical (unpaired) electrons. The van der Waals surface area contributed by atoms with Gasteiger partial charge >= 0.3 is 0 Å². The zero-order valence-electron chi connectivity index (χ0n) is 14.1. The molecule has 1 saturated carbocycles. The third-order valence-corrected chi connectivity index (χ3v) is 4.71. The maximum Gasteiger partial charge on any atom is 0.148 e. The molecule has 124 valence electrons. The second-order valence-electron chi connectivity index (χ2n) is 6.38. The summed E-state index contributed by atoms with van der Waals surface area (Å²) in [6.45, 7) is 3.97. The molecule has 0 amide bonds. The van der Waals surface area contributed by atoms with Crippen LogP contribution in [0.25, 0.3) is 0 Å². The van der Waals surface area contributed by atoms with Crippen LogP contribution < -0.4 is 0 Å². The Labute approximate surface area is 144 Å². The molecule has 0 saturated heterocycles. The summed E-state index contributed by atoms with van der Waals surface area (Å²) in [4.78, 5) is 5.97. The van der Waals surface area contributed by atoms with Crippen molar-refractivity contribution in [3.8, 4) is 0 Å². The van der Waals surface area contributed by atoms with Gasteiger partial charge in [0.2, 0.25) is 0 Å². The molecule has 0 heterocycles. The molecule has 3 rings (SSSR count). The number of oxime groups is 1. The third kappa shape index (κ3) is 4.14. The van der Waals surface area contributed by atoms with E-state index in [2.05, 4.69) is 36.0 Å². The molecule has 2 aromatic rings. The van der Waals surface area contributed by atoms with Gasteiger partial charge in [-0.25, -0.2) is 0 Å². The van der Waals surface area contributed by atoms with E-state index in [-0.39, 0.29) is 6.10 Å². The highest BCUT2D eigenvalue weighted by Crippen LogP contribution is 2.28. The van der Waals surface area contributed by atoms with Gasteiger partial charge in [0.25, 0.3) is 0 Å². The average molecular weight is 319 g/mol. The summed E-state index contributed by atoms with van der Waals surface area (Å²) in [6.07, 6.45) is 8.22. The van der Waals surface area contributed by atoms with E-state index in [1.54, 1.807) is 0 Å². The van der Waals surface area contributed by atoms with Crippen LogP contribution in [0.2, 0.25) is 0 Å². The largest absolute Gasteiger partial charge is 0.387 e. The van der Waals surface area contributed by atoms with Crippen molar-refractivity contribution in [2.45, 2.75) is 38.2 Å². The fourth-order valence-corrected chi connectivity index (χ4v) is 3.36. The van der Waals surface area contributed by atoms with Gasteiger partial charge in [0.05, 0.1) is 0 Å². The van der Waals surface area contributed by atoms with Gasteiger partial charge in [0.1, 0.15) is 11.8 Å². The van der Waals surface area contributed by atoms with Crippen molar-refractivity contribution in [3.05, 3.63) is 84.4 Å². The first-order valence-corrected chi connectivity index (χ1v) is 8.85. The molecule has 0 N–H and O–H groups in total. The van der Waals surface area contributed by atoms with E-state index in [4.69, 9.17) is 4.84 Å². The highest BCUT2D eigenvalue weighted by Gasteiger charge is 2.23. The molecular weight excluding hydrogens is 294 g/mol. The van der Waals surface area contributed by atoms with E-state index in [1.165, 1.54) is 32.1 Å². The Morgan fingerprint density at radius 2 is 1.46 bits per heavy atom. The number of hydrogen-bond donors (Lipinski definition) is 0. The monoisotopic (exact) mass is 319 g/mol. The van der Waals surface area contributed by atoms with E-state index in [0.29, 0.717) is 5.92 Å². The van der Waals surface area contributed by atoms with Crippen molar-refractivity contribution in [2.24, 2.45) is 11.1 Å². The van der Waals surface area contributed by atoms with Crippen LogP contribution in [-0.2, 0) is 4.84 Å². The van der Waals surface area contributed by atoms with Crippen LogP contribution >= 0.6 is 0 Å². The van der Waals surface area contributed by atoms with E-state index in [0.717, 1.165) is 16.8 Å². The summed E-state index contributed by atoms with van der Waals surface area (Å²) in [5, 5.41) is 4.56. The normalized spacial score (nSPS) is 16.2. The minimum atomic E-state index is -0.00674. The summed E-state index contributed by atoms with van der Waals surface area (Å²) < 4.78 is 0. The first kappa shape index (κ1) is 16.5. The topological polar surface area (TPSA) is 21.6 Å². The van der Waals surface area contributed by atoms with Gasteiger partial charge in [-0.05, 0) is 18.9 Å². The number of hydrogen-bond acceptors (Lipinski definition) is 2. The van der Waals surface area contributed by atoms with Crippen LogP contribution in [0.4, 0.5) is 0 Å². The maximum atomic E-state index is 5.97. The summed E-state index contributed by atoms with van der Waals surface area (Å²) in [7, 11) is 0. The zero-order valence-corrected chi connectivity index (χ0v) is 14.1. The van der Waals surface area contributed by atoms with Gasteiger partial charge in [-0.3, -0.25) is 0 Å². The summed E-state index contributed by atoms with van der Waals surface area (Å²) in [5.74, 6) is 0.535. The Morgan fingerprint density at radius 1 is 0.917 bits per heavy atom. The lowest BCUT2D eigenvalue weighted by atomic mass is 9.85. The summed E-state index contributed by atoms with van der Waals surface area (Å²) in [5.41, 5.74) is 3.00. The predicted molar refractivity (Wildman–Crippen MR) is 100 cm³/mol. The molecule has 1 unspecified atom stereocenters. The lowest BCUT2D eigenvalue weighted by Crippen LogP contribution is -2.23. The molecule has 0 spiro atoms. The first-order valence-electron chi connectivity index (χ1n) is 8.85. The molecule has 1 aliphatic carbocycles. The van der Waals surface area contributed by atoms with Gasteiger partial charge in [-0.2, -0.15) is 0 Å². The minimum Gasteiger partial charge on any atom is -0.387 e. The summed E-state index contributed by atoms with van der Waals surface area (Å²) >= 11 is 0. The molecule has 0 bridgehead atoms. The Bertz CT molecular complexity index is 615. The fourth-order valence-electron chi connectivity index (χ4n) is 3.36. The van der Waals surface area contributed by atoms with E-state index < -0.39 is 0 Å². The van der Waals surface area contributed by atoms with Gasteiger partial charge in [-0.1, -0.05) is 91.7 Å². The molecular formula is C22H25NO. The maximum absolute atomic E-state index is 5.97. The van der Waals surface area contributed by atoms with Crippen molar-refractivity contribution in [1.29, 1.82) is 0 Å². The molecule has 1 aliphatic rings. The third-order valence-electron chi connectivity index (χ3n) is 4.71. The Hall–Kier alpha value is -2.35. The number of nitrogens with zero attached hydrogens (tertiary/aromatic N) is 1. The lowest BCUT2D eigenvalue weighted by Gasteiger charge is -2.26. The SMILES string of the molecule is C=CC(ON=C(c1ccccc1)c1ccccc1)C1CCCCC1. The smallest absolute Gasteiger partial charge is 0.148 e. The fraction of sp³-hybridized carbons (Fsp3) is 0.318. The van der Waals surface area contributed by atoms with Crippen LogP contribution in [0.15, 0.2) is 78.5 Å². The van der Waals surface area contributed by atoms with Crippen molar-refractivity contribution in [3.63, 3.8) is 0 Å². The summed E-state index contributed by atoms with van der Waals surface area (Å²) in [6, 6.07) is 20.4. The van der Waals surface area contributed by atoms with Crippen molar-refractivity contribution in [2.75, 3.05) is 0 Å². The van der Waals surface area contributed by atoms with Crippen molar-refractivity contribution < 1.29 is 4.84 Å². The zero-order chi connectivity index (χ0) is 16.6. The van der Waals surface area contributed by atoms with Crippen LogP contribution in [0.1, 0.15) is 43.2 Å². The molecule has 2 nitrogen and oxygen atoms in total. The van der Waals surface area contributed by atoms with Crippen molar-refractivity contribution in [1.82, 2.24) is 0 Å². The molecule has 1 atom stereocenters. The van der Waals surface area contributed by atoms with Crippen LogP contribution in [0, 0.1) is 5.92 Å². The quantitative estimate of drug-likeness (QED) is 0.386. The molecule has 2 aromatic carbocycles. The molecule has 0 aliphatic heterocycles. The second-order valence-corrected chi connectivity index (χ2v) is 6.38. The minimum absolute atomic E-state index is 0.00674. The standard InChI is InChI=1S/C22H25NO/c1-2-21(18-12-6-3-7-13-18)24-23-22(19-14-8-4-9-15-19)20-16-10-5-11-17-20/h2,4-5,8-11,14-18,21H,1,3,6-7,12-13H2.